The number of carbonyl (C=O) groups excluding carboxylic acids is 1. The Bertz CT molecular complexity index is 1610. The number of hydrogen-bond acceptors (Lipinski definition) is 4. The number of rotatable bonds is 9. The largest absolute Gasteiger partial charge is 0.435 e. The van der Waals surface area contributed by atoms with E-state index in [1.807, 2.05) is 30.3 Å². The molecule has 0 aliphatic heterocycles. The quantitative estimate of drug-likeness (QED) is 0.182. The van der Waals surface area contributed by atoms with Crippen molar-refractivity contribution < 1.29 is 22.4 Å². The lowest BCUT2D eigenvalue weighted by Gasteiger charge is -2.24. The van der Waals surface area contributed by atoms with Gasteiger partial charge in [-0.2, -0.15) is 18.3 Å². The van der Waals surface area contributed by atoms with E-state index in [1.165, 1.54) is 6.07 Å². The fourth-order valence-corrected chi connectivity index (χ4v) is 5.57. The molecule has 2 aliphatic rings. The van der Waals surface area contributed by atoms with Gasteiger partial charge >= 0.3 is 6.18 Å². The number of nitrogens with zero attached hydrogens (tertiary/aromatic N) is 2. The predicted octanol–water partition coefficient (Wildman–Crippen LogP) is 7.32. The second kappa shape index (κ2) is 10.9. The molecule has 0 unspecified atom stereocenters. The van der Waals surface area contributed by atoms with Crippen LogP contribution >= 0.6 is 0 Å². The van der Waals surface area contributed by atoms with Crippen molar-refractivity contribution in [3.8, 4) is 16.8 Å². The molecule has 1 aromatic heterocycles. The minimum absolute atomic E-state index is 0.123. The van der Waals surface area contributed by atoms with Gasteiger partial charge in [0.25, 0.3) is 5.91 Å². The monoisotopic (exact) mass is 577 g/mol. The molecule has 4 N–H and O–H groups in total. The van der Waals surface area contributed by atoms with Gasteiger partial charge in [-0.05, 0) is 79.3 Å². The number of amides is 1. The lowest BCUT2D eigenvalue weighted by Crippen LogP contribution is -2.25. The summed E-state index contributed by atoms with van der Waals surface area (Å²) in [5, 5.41) is 9.89. The number of nitrogens with two attached hydrogens (primary N) is 1. The molecule has 4 aromatic rings. The molecule has 42 heavy (non-hydrogen) atoms. The molecular formula is C32H31F4N5O. The van der Waals surface area contributed by atoms with Crippen LogP contribution in [-0.2, 0) is 12.7 Å². The van der Waals surface area contributed by atoms with Crippen molar-refractivity contribution in [2.45, 2.75) is 51.4 Å². The van der Waals surface area contributed by atoms with Gasteiger partial charge in [-0.15, -0.1) is 0 Å². The van der Waals surface area contributed by atoms with Gasteiger partial charge in [-0.1, -0.05) is 42.5 Å². The first kappa shape index (κ1) is 28.0. The van der Waals surface area contributed by atoms with Crippen molar-refractivity contribution in [1.29, 1.82) is 0 Å². The average molecular weight is 578 g/mol. The molecule has 3 aromatic carbocycles. The van der Waals surface area contributed by atoms with Crippen molar-refractivity contribution in [2.24, 2.45) is 17.6 Å². The zero-order valence-corrected chi connectivity index (χ0v) is 23.0. The van der Waals surface area contributed by atoms with Crippen LogP contribution in [0.2, 0.25) is 0 Å². The van der Waals surface area contributed by atoms with E-state index in [9.17, 15) is 18.0 Å². The Balaban J connectivity index is 1.41. The molecule has 2 aliphatic carbocycles. The summed E-state index contributed by atoms with van der Waals surface area (Å²) in [7, 11) is 0. The summed E-state index contributed by atoms with van der Waals surface area (Å²) in [5.74, 6) is -0.490. The Kier molecular flexibility index (Phi) is 7.26. The number of nitrogens with one attached hydrogen (secondary N) is 2. The van der Waals surface area contributed by atoms with Gasteiger partial charge in [0.1, 0.15) is 11.5 Å². The van der Waals surface area contributed by atoms with Crippen LogP contribution in [0, 0.1) is 24.6 Å². The summed E-state index contributed by atoms with van der Waals surface area (Å²) in [6.45, 7) is 1.80. The summed E-state index contributed by atoms with van der Waals surface area (Å²) in [6, 6.07) is 18.3. The fourth-order valence-electron chi connectivity index (χ4n) is 5.57. The van der Waals surface area contributed by atoms with E-state index in [4.69, 9.17) is 5.73 Å². The molecule has 1 heterocycles. The minimum atomic E-state index is -4.79. The van der Waals surface area contributed by atoms with Gasteiger partial charge in [0.2, 0.25) is 0 Å². The van der Waals surface area contributed by atoms with Crippen LogP contribution in [0.4, 0.5) is 28.9 Å². The van der Waals surface area contributed by atoms with Crippen LogP contribution in [0.1, 0.15) is 53.0 Å². The Hall–Kier alpha value is -4.18. The lowest BCUT2D eigenvalue weighted by atomic mass is 9.95. The molecule has 6 rings (SSSR count). The number of alkyl halides is 3. The number of aromatic nitrogens is 2. The Morgan fingerprint density at radius 2 is 1.69 bits per heavy atom. The van der Waals surface area contributed by atoms with Gasteiger partial charge in [0.05, 0.1) is 11.4 Å². The number of benzene rings is 3. The first-order chi connectivity index (χ1) is 20.1. The highest BCUT2D eigenvalue weighted by molar-refractivity contribution is 6.04. The van der Waals surface area contributed by atoms with Gasteiger partial charge < -0.3 is 16.4 Å². The smallest absolute Gasteiger partial charge is 0.381 e. The molecule has 0 radical (unpaired) electrons. The van der Waals surface area contributed by atoms with E-state index < -0.39 is 23.6 Å². The maximum Gasteiger partial charge on any atom is 0.435 e. The molecule has 6 nitrogen and oxygen atoms in total. The third-order valence-corrected chi connectivity index (χ3v) is 8.01. The molecule has 2 saturated carbocycles. The Morgan fingerprint density at radius 3 is 2.31 bits per heavy atom. The van der Waals surface area contributed by atoms with Crippen LogP contribution in [-0.4, -0.2) is 21.7 Å². The maximum absolute atomic E-state index is 15.9. The van der Waals surface area contributed by atoms with E-state index in [0.717, 1.165) is 35.9 Å². The van der Waals surface area contributed by atoms with Crippen LogP contribution in [0.5, 0.6) is 0 Å². The lowest BCUT2D eigenvalue weighted by molar-refractivity contribution is -0.141. The van der Waals surface area contributed by atoms with Gasteiger partial charge in [0.15, 0.2) is 5.69 Å². The molecular weight excluding hydrogens is 546 g/mol. The maximum atomic E-state index is 15.9. The minimum Gasteiger partial charge on any atom is -0.381 e. The third-order valence-electron chi connectivity index (χ3n) is 8.01. The third kappa shape index (κ3) is 5.63. The molecule has 0 spiro atoms. The van der Waals surface area contributed by atoms with Crippen molar-refractivity contribution in [1.82, 2.24) is 9.78 Å². The number of carbonyl (C=O) groups is 1. The van der Waals surface area contributed by atoms with Crippen molar-refractivity contribution in [2.75, 3.05) is 10.6 Å². The molecule has 0 saturated heterocycles. The summed E-state index contributed by atoms with van der Waals surface area (Å²) in [5.41, 5.74) is 7.38. The average Bonchev–Trinajstić information content (AvgIpc) is 3.92. The van der Waals surface area contributed by atoms with E-state index in [1.54, 1.807) is 31.2 Å². The van der Waals surface area contributed by atoms with Crippen LogP contribution in [0.3, 0.4) is 0 Å². The number of hydrogen-bond donors (Lipinski definition) is 3. The number of halogens is 4. The van der Waals surface area contributed by atoms with Crippen molar-refractivity contribution in [3.05, 3.63) is 95.1 Å². The topological polar surface area (TPSA) is 85.0 Å². The zero-order chi connectivity index (χ0) is 29.6. The second-order valence-electron chi connectivity index (χ2n) is 11.1. The SMILES string of the molecule is Cc1c(F)c(NC(=O)c2cc(C(F)(F)F)nn2-c2cccc(CN)c2)cc(NC(C2CC2)C2CC2)c1-c1ccccc1. The van der Waals surface area contributed by atoms with Crippen LogP contribution < -0.4 is 16.4 Å². The highest BCUT2D eigenvalue weighted by Crippen LogP contribution is 2.47. The predicted molar refractivity (Wildman–Crippen MR) is 154 cm³/mol. The van der Waals surface area contributed by atoms with Gasteiger partial charge in [0, 0.05) is 29.9 Å². The molecule has 218 valence electrons. The van der Waals surface area contributed by atoms with Crippen LogP contribution in [0.25, 0.3) is 16.8 Å². The van der Waals surface area contributed by atoms with Crippen molar-refractivity contribution >= 4 is 17.3 Å². The zero-order valence-electron chi connectivity index (χ0n) is 23.0. The van der Waals surface area contributed by atoms with E-state index in [-0.39, 0.29) is 29.7 Å². The summed E-state index contributed by atoms with van der Waals surface area (Å²) < 4.78 is 57.9. The van der Waals surface area contributed by atoms with Gasteiger partial charge in [-0.25, -0.2) is 9.07 Å². The standard InChI is InChI=1S/C32H31F4N5O/c1-18-28(20-7-3-2-4-8-20)24(38-30(21-10-11-21)22-12-13-22)15-25(29(18)33)39-31(42)26-16-27(32(34,35)36)40-41(26)23-9-5-6-19(14-23)17-37/h2-9,14-16,21-22,30,38H,10-13,17,37H2,1H3,(H,39,42). The normalized spacial score (nSPS) is 15.2. The van der Waals surface area contributed by atoms with Crippen LogP contribution in [0.15, 0.2) is 66.7 Å². The van der Waals surface area contributed by atoms with Crippen molar-refractivity contribution in [3.63, 3.8) is 0 Å². The molecule has 2 fully saturated rings. The summed E-state index contributed by atoms with van der Waals surface area (Å²) >= 11 is 0. The first-order valence-electron chi connectivity index (χ1n) is 14.1. The Morgan fingerprint density at radius 1 is 1.00 bits per heavy atom. The number of anilines is 2. The second-order valence-corrected chi connectivity index (χ2v) is 11.1. The van der Waals surface area contributed by atoms with E-state index in [0.29, 0.717) is 40.3 Å². The summed E-state index contributed by atoms with van der Waals surface area (Å²) in [4.78, 5) is 13.5. The van der Waals surface area contributed by atoms with Gasteiger partial charge in [-0.3, -0.25) is 4.79 Å². The first-order valence-corrected chi connectivity index (χ1v) is 14.1. The van der Waals surface area contributed by atoms with E-state index >= 15 is 4.39 Å². The fraction of sp³-hybridized carbons (Fsp3) is 0.312. The molecule has 1 amide bonds. The summed E-state index contributed by atoms with van der Waals surface area (Å²) in [6.07, 6.45) is -0.251. The highest BCUT2D eigenvalue weighted by Gasteiger charge is 2.42. The molecule has 10 heteroatoms. The van der Waals surface area contributed by atoms with E-state index in [2.05, 4.69) is 15.7 Å². The highest BCUT2D eigenvalue weighted by atomic mass is 19.4. The Labute approximate surface area is 240 Å². The molecule has 0 atom stereocenters. The molecule has 0 bridgehead atoms.